The fourth-order valence-electron chi connectivity index (χ4n) is 3.62. The average molecular weight is 675 g/mol. The van der Waals surface area contributed by atoms with E-state index in [9.17, 15) is 0 Å². The molecule has 3 aromatic carbocycles. The van der Waals surface area contributed by atoms with Crippen molar-refractivity contribution in [2.75, 3.05) is 18.6 Å². The van der Waals surface area contributed by atoms with E-state index in [0.29, 0.717) is 6.42 Å². The molecule has 0 saturated heterocycles. The molecule has 2 atom stereocenters. The van der Waals surface area contributed by atoms with Crippen LogP contribution >= 0.6 is 0 Å². The monoisotopic (exact) mass is 675 g/mol. The molecule has 5 rings (SSSR count). The van der Waals surface area contributed by atoms with Crippen molar-refractivity contribution in [3.05, 3.63) is 117 Å². The predicted octanol–water partition coefficient (Wildman–Crippen LogP) is 5.96. The Labute approximate surface area is 235 Å². The Morgan fingerprint density at radius 2 is 1.51 bits per heavy atom. The van der Waals surface area contributed by atoms with E-state index in [1.807, 2.05) is 66.9 Å². The van der Waals surface area contributed by atoms with Gasteiger partial charge in [-0.2, -0.15) is 24.3 Å². The second-order valence-electron chi connectivity index (χ2n) is 8.50. The van der Waals surface area contributed by atoms with Crippen molar-refractivity contribution in [1.82, 2.24) is 9.88 Å². The van der Waals surface area contributed by atoms with Crippen LogP contribution in [0.1, 0.15) is 20.3 Å². The summed E-state index contributed by atoms with van der Waals surface area (Å²) in [4.78, 5) is 8.72. The predicted molar refractivity (Wildman–Crippen MR) is 150 cm³/mol. The van der Waals surface area contributed by atoms with Crippen LogP contribution in [0.5, 0.6) is 0 Å². The Morgan fingerprint density at radius 1 is 0.865 bits per heavy atom. The molecule has 6 heteroatoms. The van der Waals surface area contributed by atoms with Crippen LogP contribution in [-0.2, 0) is 20.1 Å². The first-order valence-corrected chi connectivity index (χ1v) is 11.7. The molecule has 37 heavy (non-hydrogen) atoms. The number of hydrogen-bond acceptors (Lipinski definition) is 5. The molecule has 0 amide bonds. The molecule has 1 aromatic heterocycles. The van der Waals surface area contributed by atoms with Crippen LogP contribution in [0.15, 0.2) is 97.5 Å². The van der Waals surface area contributed by atoms with Gasteiger partial charge < -0.3 is 32.4 Å². The molecule has 2 heterocycles. The van der Waals surface area contributed by atoms with E-state index in [-0.39, 0.29) is 39.7 Å². The van der Waals surface area contributed by atoms with Gasteiger partial charge in [0.05, 0.1) is 18.9 Å². The second-order valence-corrected chi connectivity index (χ2v) is 8.50. The van der Waals surface area contributed by atoms with Gasteiger partial charge in [-0.25, -0.2) is 0 Å². The number of anilines is 1. The van der Waals surface area contributed by atoms with Crippen LogP contribution in [0.25, 0.3) is 22.0 Å². The minimum Gasteiger partial charge on any atom is -0.393 e. The number of aliphatic hydroxyl groups excluding tert-OH is 2. The van der Waals surface area contributed by atoms with Crippen molar-refractivity contribution in [2.24, 2.45) is 0 Å². The van der Waals surface area contributed by atoms with Crippen molar-refractivity contribution >= 4 is 16.5 Å². The van der Waals surface area contributed by atoms with Gasteiger partial charge in [-0.3, -0.25) is 0 Å². The van der Waals surface area contributed by atoms with Crippen LogP contribution in [0, 0.1) is 19.6 Å². The molecule has 0 aliphatic carbocycles. The first-order chi connectivity index (χ1) is 16.9. The van der Waals surface area contributed by atoms with Crippen molar-refractivity contribution in [3.63, 3.8) is 0 Å². The fraction of sp³-hybridized carbons (Fsp3) is 0.226. The Balaban J connectivity index is 0.000000292. The van der Waals surface area contributed by atoms with E-state index >= 15 is 0 Å². The number of pyridine rings is 1. The quantitative estimate of drug-likeness (QED) is 0.262. The van der Waals surface area contributed by atoms with E-state index in [1.165, 1.54) is 10.8 Å². The largest absolute Gasteiger partial charge is 3.00 e. The molecule has 196 valence electrons. The Hall–Kier alpha value is -3.02. The van der Waals surface area contributed by atoms with Gasteiger partial charge in [0, 0.05) is 25.6 Å². The summed E-state index contributed by atoms with van der Waals surface area (Å²) in [5, 5.41) is 19.5. The molecule has 2 N–H and O–H groups in total. The van der Waals surface area contributed by atoms with Crippen molar-refractivity contribution in [3.8, 4) is 11.3 Å². The van der Waals surface area contributed by atoms with Crippen LogP contribution in [0.3, 0.4) is 0 Å². The second kappa shape index (κ2) is 16.7. The topological polar surface area (TPSA) is 59.8 Å². The normalized spacial score (nSPS) is 13.2. The summed E-state index contributed by atoms with van der Waals surface area (Å²) in [6, 6.07) is 32.6. The van der Waals surface area contributed by atoms with E-state index in [2.05, 4.69) is 64.6 Å². The fourth-order valence-corrected chi connectivity index (χ4v) is 3.62. The molecular weight excluding hydrogens is 639 g/mol. The first-order valence-electron chi connectivity index (χ1n) is 11.7. The molecule has 4 aromatic rings. The van der Waals surface area contributed by atoms with Crippen LogP contribution in [0.2, 0.25) is 0 Å². The van der Waals surface area contributed by atoms with Gasteiger partial charge in [0.2, 0.25) is 0 Å². The molecule has 0 bridgehead atoms. The maximum absolute atomic E-state index is 8.56. The Kier molecular flexibility index (Phi) is 14.4. The molecule has 0 saturated carbocycles. The molecule has 5 nitrogen and oxygen atoms in total. The molecule has 1 aliphatic rings. The number of para-hydroxylation sites is 1. The molecule has 1 aliphatic heterocycles. The zero-order valence-corrected chi connectivity index (χ0v) is 24.3. The number of hydrogen-bond donors (Lipinski definition) is 2. The molecule has 0 fully saturated rings. The zero-order valence-electron chi connectivity index (χ0n) is 21.9. The van der Waals surface area contributed by atoms with Gasteiger partial charge >= 0.3 is 20.1 Å². The third-order valence-electron chi connectivity index (χ3n) is 5.20. The minimum atomic E-state index is -0.375. The summed E-state index contributed by atoms with van der Waals surface area (Å²) in [5.74, 6) is 0. The number of aliphatic hydroxyl groups is 2. The van der Waals surface area contributed by atoms with Crippen molar-refractivity contribution < 1.29 is 30.3 Å². The van der Waals surface area contributed by atoms with Gasteiger partial charge in [-0.1, -0.05) is 30.0 Å². The summed E-state index contributed by atoms with van der Waals surface area (Å²) in [5.41, 5.74) is 3.16. The third-order valence-corrected chi connectivity index (χ3v) is 5.20. The van der Waals surface area contributed by atoms with Gasteiger partial charge in [0.1, 0.15) is 0 Å². The summed E-state index contributed by atoms with van der Waals surface area (Å²) in [7, 11) is 2.06. The van der Waals surface area contributed by atoms with E-state index in [4.69, 9.17) is 10.2 Å². The zero-order chi connectivity index (χ0) is 25.0. The summed E-state index contributed by atoms with van der Waals surface area (Å²) in [6.45, 7) is 4.24. The van der Waals surface area contributed by atoms with E-state index in [1.54, 1.807) is 13.8 Å². The van der Waals surface area contributed by atoms with E-state index in [0.717, 1.165) is 23.6 Å². The number of rotatable bonds is 4. The Morgan fingerprint density at radius 3 is 2.05 bits per heavy atom. The van der Waals surface area contributed by atoms with Crippen LogP contribution in [0.4, 0.5) is 5.69 Å². The van der Waals surface area contributed by atoms with Crippen LogP contribution < -0.4 is 4.90 Å². The number of nitrogens with zero attached hydrogens (tertiary/aromatic N) is 3. The van der Waals surface area contributed by atoms with Crippen LogP contribution in [-0.4, -0.2) is 46.0 Å². The molecule has 2 unspecified atom stereocenters. The average Bonchev–Trinajstić information content (AvgIpc) is 3.31. The van der Waals surface area contributed by atoms with Gasteiger partial charge in [-0.05, 0) is 42.8 Å². The standard InChI is InChI=1S/C15H10N.C10H11N2.C5H12O2.CH3.Ir/c1-2-7-13(8-3-1)15-14-9-5-4-6-12(14)10-11-16-15;1-11-7-8-12(9-11)10-5-3-2-4-6-10;1-4(6)3-5(2)7;;/h1-7,9-11H;2-5,7-8H,9H2,1H3;4-7H,3H2,1-2H3;1H3;/q2*-1;;-1;+3. The minimum absolute atomic E-state index is 0. The van der Waals surface area contributed by atoms with E-state index < -0.39 is 0 Å². The summed E-state index contributed by atoms with van der Waals surface area (Å²) < 4.78 is 0. The van der Waals surface area contributed by atoms with Crippen molar-refractivity contribution in [2.45, 2.75) is 32.5 Å². The summed E-state index contributed by atoms with van der Waals surface area (Å²) >= 11 is 0. The third kappa shape index (κ3) is 10.5. The number of aromatic nitrogens is 1. The first kappa shape index (κ1) is 32.0. The smallest absolute Gasteiger partial charge is 0.393 e. The Bertz CT molecular complexity index is 1170. The van der Waals surface area contributed by atoms with Gasteiger partial charge in [0.25, 0.3) is 0 Å². The summed E-state index contributed by atoms with van der Waals surface area (Å²) in [6.07, 6.45) is 5.69. The molecule has 0 radical (unpaired) electrons. The maximum atomic E-state index is 8.56. The SMILES string of the molecule is CC(O)CC(C)O.CN1C=CN(c2[c-]cccc2)C1.[CH3-].[Ir+3].[c-]1ccccc1-c1nccc2ccccc12. The molecular formula is C31H36IrN3O2. The molecule has 0 spiro atoms. The number of fused-ring (bicyclic) bond motifs is 1. The van der Waals surface area contributed by atoms with Gasteiger partial charge in [-0.15, -0.1) is 42.0 Å². The number of benzene rings is 3. The van der Waals surface area contributed by atoms with Crippen molar-refractivity contribution in [1.29, 1.82) is 0 Å². The van der Waals surface area contributed by atoms with Gasteiger partial charge in [0.15, 0.2) is 0 Å². The maximum Gasteiger partial charge on any atom is 3.00 e.